The number of carbonyl (C=O) groups excluding carboxylic acids is 1. The van der Waals surface area contributed by atoms with Crippen molar-refractivity contribution in [3.63, 3.8) is 0 Å². The largest absolute Gasteiger partial charge is 0.328 e. The van der Waals surface area contributed by atoms with E-state index in [0.29, 0.717) is 11.5 Å². The second-order valence-corrected chi connectivity index (χ2v) is 6.22. The summed E-state index contributed by atoms with van der Waals surface area (Å²) in [4.78, 5) is 27.6. The van der Waals surface area contributed by atoms with Gasteiger partial charge in [-0.05, 0) is 39.2 Å². The molecule has 0 aromatic carbocycles. The molecule has 21 heavy (non-hydrogen) atoms. The van der Waals surface area contributed by atoms with Crippen molar-refractivity contribution < 1.29 is 4.79 Å². The third-order valence-corrected chi connectivity index (χ3v) is 4.74. The molecule has 0 unspecified atom stereocenters. The van der Waals surface area contributed by atoms with E-state index in [1.807, 2.05) is 17.2 Å². The Morgan fingerprint density at radius 1 is 1.33 bits per heavy atom. The molecular formula is C15H18N4OS. The smallest absolute Gasteiger partial charge is 0.273 e. The number of carbonyl (C=O) groups is 1. The molecule has 0 bridgehead atoms. The highest BCUT2D eigenvalue weighted by Crippen LogP contribution is 2.33. The molecule has 1 amide bonds. The van der Waals surface area contributed by atoms with Gasteiger partial charge < -0.3 is 4.90 Å². The van der Waals surface area contributed by atoms with Gasteiger partial charge >= 0.3 is 0 Å². The van der Waals surface area contributed by atoms with Gasteiger partial charge in [0.2, 0.25) is 0 Å². The molecule has 6 heteroatoms. The van der Waals surface area contributed by atoms with Gasteiger partial charge in [0, 0.05) is 23.8 Å². The fraction of sp³-hybridized carbons (Fsp3) is 0.467. The topological polar surface area (TPSA) is 59.0 Å². The molecule has 1 aliphatic rings. The number of aryl methyl sites for hydroxylation is 2. The normalized spacial score (nSPS) is 18.8. The van der Waals surface area contributed by atoms with Gasteiger partial charge in [0.15, 0.2) is 0 Å². The fourth-order valence-electron chi connectivity index (χ4n) is 2.68. The van der Waals surface area contributed by atoms with Crippen LogP contribution in [0.1, 0.15) is 52.3 Å². The Kier molecular flexibility index (Phi) is 3.96. The maximum Gasteiger partial charge on any atom is 0.273 e. The van der Waals surface area contributed by atoms with Crippen molar-refractivity contribution in [3.05, 3.63) is 39.9 Å². The minimum absolute atomic E-state index is 0.0157. The average Bonchev–Trinajstić information content (AvgIpc) is 2.93. The predicted octanol–water partition coefficient (Wildman–Crippen LogP) is 2.92. The van der Waals surface area contributed by atoms with Crippen molar-refractivity contribution >= 4 is 17.2 Å². The van der Waals surface area contributed by atoms with E-state index >= 15 is 0 Å². The van der Waals surface area contributed by atoms with Crippen molar-refractivity contribution in [2.24, 2.45) is 0 Å². The van der Waals surface area contributed by atoms with E-state index in [1.54, 1.807) is 30.5 Å². The third kappa shape index (κ3) is 2.95. The zero-order chi connectivity index (χ0) is 14.8. The molecule has 110 valence electrons. The Hall–Kier alpha value is -1.82. The lowest BCUT2D eigenvalue weighted by Crippen LogP contribution is -2.39. The maximum atomic E-state index is 12.8. The Balaban J connectivity index is 1.89. The molecule has 0 saturated carbocycles. The first-order chi connectivity index (χ1) is 10.1. The first-order valence-electron chi connectivity index (χ1n) is 7.18. The molecule has 0 spiro atoms. The molecule has 5 nitrogen and oxygen atoms in total. The molecule has 0 aliphatic carbocycles. The summed E-state index contributed by atoms with van der Waals surface area (Å²) in [6.45, 7) is 4.56. The highest BCUT2D eigenvalue weighted by molar-refractivity contribution is 7.09. The molecule has 1 fully saturated rings. The second-order valence-electron chi connectivity index (χ2n) is 5.33. The number of hydrogen-bond donors (Lipinski definition) is 0. The quantitative estimate of drug-likeness (QED) is 0.856. The molecule has 3 heterocycles. The number of aromatic nitrogens is 3. The first kappa shape index (κ1) is 14.1. The van der Waals surface area contributed by atoms with Crippen molar-refractivity contribution in [1.82, 2.24) is 19.9 Å². The molecule has 1 atom stereocenters. The van der Waals surface area contributed by atoms with Crippen molar-refractivity contribution in [2.45, 2.75) is 39.2 Å². The van der Waals surface area contributed by atoms with Crippen LogP contribution in [0.5, 0.6) is 0 Å². The van der Waals surface area contributed by atoms with Crippen LogP contribution in [0.4, 0.5) is 0 Å². The fourth-order valence-corrected chi connectivity index (χ4v) is 3.62. The number of thiazole rings is 1. The molecule has 1 saturated heterocycles. The van der Waals surface area contributed by atoms with Crippen LogP contribution in [-0.4, -0.2) is 32.3 Å². The zero-order valence-electron chi connectivity index (χ0n) is 12.2. The van der Waals surface area contributed by atoms with Crippen molar-refractivity contribution in [3.8, 4) is 0 Å². The van der Waals surface area contributed by atoms with Crippen molar-refractivity contribution in [1.29, 1.82) is 0 Å². The summed E-state index contributed by atoms with van der Waals surface area (Å²) in [6.07, 6.45) is 4.79. The highest BCUT2D eigenvalue weighted by atomic mass is 32.1. The summed E-state index contributed by atoms with van der Waals surface area (Å²) in [6, 6.07) is 1.77. The minimum atomic E-state index is -0.0157. The third-order valence-electron chi connectivity index (χ3n) is 3.68. The summed E-state index contributed by atoms with van der Waals surface area (Å²) in [7, 11) is 0. The standard InChI is InChI=1S/C15H18N4OS/c1-10-9-21-14(17-10)13-5-3-4-8-19(13)15(20)12-6-7-16-11(2)18-12/h6-7,9,13H,3-5,8H2,1-2H3/t13-/m1/s1. The molecule has 2 aromatic heterocycles. The number of rotatable bonds is 2. The van der Waals surface area contributed by atoms with Gasteiger partial charge in [-0.15, -0.1) is 11.3 Å². The van der Waals surface area contributed by atoms with Crippen molar-refractivity contribution in [2.75, 3.05) is 6.54 Å². The van der Waals surface area contributed by atoms with E-state index < -0.39 is 0 Å². The van der Waals surface area contributed by atoms with E-state index in [-0.39, 0.29) is 11.9 Å². The van der Waals surface area contributed by atoms with Crippen LogP contribution in [0.3, 0.4) is 0 Å². The van der Waals surface area contributed by atoms with Crippen LogP contribution < -0.4 is 0 Å². The van der Waals surface area contributed by atoms with Gasteiger partial charge in [-0.25, -0.2) is 15.0 Å². The van der Waals surface area contributed by atoms with Gasteiger partial charge in [0.05, 0.1) is 6.04 Å². The summed E-state index contributed by atoms with van der Waals surface area (Å²) < 4.78 is 0. The number of likely N-dealkylation sites (tertiary alicyclic amines) is 1. The maximum absolute atomic E-state index is 12.8. The SMILES string of the molecule is Cc1csc([C@H]2CCCCN2C(=O)c2ccnc(C)n2)n1. The van der Waals surface area contributed by atoms with E-state index in [9.17, 15) is 4.79 Å². The summed E-state index contributed by atoms with van der Waals surface area (Å²) in [5.74, 6) is 0.609. The number of nitrogens with zero attached hydrogens (tertiary/aromatic N) is 4. The van der Waals surface area contributed by atoms with Crippen LogP contribution in [0.2, 0.25) is 0 Å². The summed E-state index contributed by atoms with van der Waals surface area (Å²) in [5.41, 5.74) is 1.49. The van der Waals surface area contributed by atoms with Gasteiger partial charge in [0.25, 0.3) is 5.91 Å². The zero-order valence-corrected chi connectivity index (χ0v) is 13.1. The molecule has 1 aliphatic heterocycles. The van der Waals surface area contributed by atoms with Crippen LogP contribution in [0, 0.1) is 13.8 Å². The van der Waals surface area contributed by atoms with E-state index in [4.69, 9.17) is 0 Å². The average molecular weight is 302 g/mol. The number of hydrogen-bond acceptors (Lipinski definition) is 5. The lowest BCUT2D eigenvalue weighted by molar-refractivity contribution is 0.0604. The first-order valence-corrected chi connectivity index (χ1v) is 8.06. The predicted molar refractivity (Wildman–Crippen MR) is 81.2 cm³/mol. The van der Waals surface area contributed by atoms with E-state index in [2.05, 4.69) is 15.0 Å². The minimum Gasteiger partial charge on any atom is -0.328 e. The summed E-state index contributed by atoms with van der Waals surface area (Å²) in [5, 5.41) is 3.08. The van der Waals surface area contributed by atoms with E-state index in [1.165, 1.54) is 0 Å². The monoisotopic (exact) mass is 302 g/mol. The van der Waals surface area contributed by atoms with Crippen LogP contribution >= 0.6 is 11.3 Å². The van der Waals surface area contributed by atoms with Gasteiger partial charge in [-0.3, -0.25) is 4.79 Å². The molecule has 0 radical (unpaired) electrons. The lowest BCUT2D eigenvalue weighted by atomic mass is 10.0. The molecule has 3 rings (SSSR count). The molecule has 2 aromatic rings. The molecule has 0 N–H and O–H groups in total. The van der Waals surface area contributed by atoms with Crippen LogP contribution in [-0.2, 0) is 0 Å². The molecular weight excluding hydrogens is 284 g/mol. The highest BCUT2D eigenvalue weighted by Gasteiger charge is 2.31. The van der Waals surface area contributed by atoms with Crippen LogP contribution in [0.15, 0.2) is 17.6 Å². The van der Waals surface area contributed by atoms with Gasteiger partial charge in [0.1, 0.15) is 16.5 Å². The van der Waals surface area contributed by atoms with Crippen LogP contribution in [0.25, 0.3) is 0 Å². The number of amides is 1. The number of piperidine rings is 1. The second kappa shape index (κ2) is 5.89. The lowest BCUT2D eigenvalue weighted by Gasteiger charge is -2.34. The Bertz CT molecular complexity index is 655. The Morgan fingerprint density at radius 2 is 2.19 bits per heavy atom. The van der Waals surface area contributed by atoms with E-state index in [0.717, 1.165) is 36.5 Å². The van der Waals surface area contributed by atoms with Gasteiger partial charge in [-0.1, -0.05) is 0 Å². The Labute approximate surface area is 128 Å². The van der Waals surface area contributed by atoms with Gasteiger partial charge in [-0.2, -0.15) is 0 Å². The summed E-state index contributed by atoms with van der Waals surface area (Å²) >= 11 is 1.64. The Morgan fingerprint density at radius 3 is 2.90 bits per heavy atom.